The number of para-hydroxylation sites is 1. The van der Waals surface area contributed by atoms with Gasteiger partial charge in [-0.3, -0.25) is 4.79 Å². The van der Waals surface area contributed by atoms with E-state index in [2.05, 4.69) is 15.6 Å². The number of anilines is 1. The lowest BCUT2D eigenvalue weighted by Gasteiger charge is -2.10. The molecule has 0 bridgehead atoms. The maximum atomic E-state index is 12.8. The van der Waals surface area contributed by atoms with Crippen molar-refractivity contribution < 1.29 is 19.1 Å². The molecule has 0 saturated carbocycles. The first-order chi connectivity index (χ1) is 14.6. The Kier molecular flexibility index (Phi) is 5.87. The largest absolute Gasteiger partial charge is 0.494 e. The highest BCUT2D eigenvalue weighted by atomic mass is 32.1. The highest BCUT2D eigenvalue weighted by molar-refractivity contribution is 7.21. The highest BCUT2D eigenvalue weighted by Crippen LogP contribution is 2.35. The van der Waals surface area contributed by atoms with Gasteiger partial charge >= 0.3 is 0 Å². The van der Waals surface area contributed by atoms with E-state index in [0.29, 0.717) is 29.2 Å². The summed E-state index contributed by atoms with van der Waals surface area (Å²) in [4.78, 5) is 17.3. The molecule has 0 fully saturated rings. The van der Waals surface area contributed by atoms with Crippen LogP contribution in [0.4, 0.5) is 5.69 Å². The SMILES string of the molecule is COc1ccc(NCCO)c2sc(C(=O)NC(C)Cc3cc4ccccc4o3)nc12. The fourth-order valence-corrected chi connectivity index (χ4v) is 4.33. The fraction of sp³-hybridized carbons (Fsp3) is 0.273. The number of aliphatic hydroxyl groups is 1. The summed E-state index contributed by atoms with van der Waals surface area (Å²) < 4.78 is 12.1. The minimum Gasteiger partial charge on any atom is -0.494 e. The number of benzene rings is 2. The Hall–Kier alpha value is -3.10. The average molecular weight is 426 g/mol. The molecule has 2 aromatic carbocycles. The molecule has 2 heterocycles. The molecular weight excluding hydrogens is 402 g/mol. The van der Waals surface area contributed by atoms with Crippen LogP contribution in [0.25, 0.3) is 21.2 Å². The quantitative estimate of drug-likeness (QED) is 0.397. The maximum Gasteiger partial charge on any atom is 0.280 e. The average Bonchev–Trinajstić information content (AvgIpc) is 3.36. The first kappa shape index (κ1) is 20.2. The van der Waals surface area contributed by atoms with Gasteiger partial charge in [-0.05, 0) is 31.2 Å². The van der Waals surface area contributed by atoms with Gasteiger partial charge in [0.2, 0.25) is 0 Å². The van der Waals surface area contributed by atoms with Crippen LogP contribution in [0.1, 0.15) is 22.5 Å². The molecule has 4 rings (SSSR count). The van der Waals surface area contributed by atoms with E-state index in [1.165, 1.54) is 11.3 Å². The van der Waals surface area contributed by atoms with Gasteiger partial charge in [-0.15, -0.1) is 11.3 Å². The van der Waals surface area contributed by atoms with E-state index in [-0.39, 0.29) is 18.6 Å². The summed E-state index contributed by atoms with van der Waals surface area (Å²) >= 11 is 1.29. The lowest BCUT2D eigenvalue weighted by atomic mass is 10.2. The highest BCUT2D eigenvalue weighted by Gasteiger charge is 2.19. The lowest BCUT2D eigenvalue weighted by molar-refractivity contribution is 0.0939. The minimum atomic E-state index is -0.241. The van der Waals surface area contributed by atoms with E-state index in [1.54, 1.807) is 13.2 Å². The molecule has 1 atom stereocenters. The Morgan fingerprint density at radius 2 is 2.13 bits per heavy atom. The van der Waals surface area contributed by atoms with Crippen LogP contribution in [0, 0.1) is 0 Å². The molecule has 0 aliphatic rings. The van der Waals surface area contributed by atoms with Crippen molar-refractivity contribution in [2.75, 3.05) is 25.6 Å². The second-order valence-corrected chi connectivity index (χ2v) is 7.99. The summed E-state index contributed by atoms with van der Waals surface area (Å²) in [5, 5.41) is 16.6. The van der Waals surface area contributed by atoms with Gasteiger partial charge in [0.05, 0.1) is 24.1 Å². The third-order valence-electron chi connectivity index (χ3n) is 4.71. The lowest BCUT2D eigenvalue weighted by Crippen LogP contribution is -2.33. The summed E-state index contributed by atoms with van der Waals surface area (Å²) in [7, 11) is 1.57. The molecule has 3 N–H and O–H groups in total. The van der Waals surface area contributed by atoms with Crippen molar-refractivity contribution in [3.8, 4) is 5.75 Å². The van der Waals surface area contributed by atoms with Crippen LogP contribution in [-0.4, -0.2) is 42.3 Å². The number of amides is 1. The predicted octanol–water partition coefficient (Wildman–Crippen LogP) is 3.82. The summed E-state index contributed by atoms with van der Waals surface area (Å²) in [5.41, 5.74) is 2.28. The molecule has 0 saturated heterocycles. The molecular formula is C22H23N3O4S. The number of hydrogen-bond acceptors (Lipinski definition) is 7. The number of aromatic nitrogens is 1. The van der Waals surface area contributed by atoms with Gasteiger partial charge in [-0.1, -0.05) is 18.2 Å². The summed E-state index contributed by atoms with van der Waals surface area (Å²) in [6.07, 6.45) is 0.581. The van der Waals surface area contributed by atoms with Crippen LogP contribution in [0.15, 0.2) is 46.9 Å². The molecule has 4 aromatic rings. The van der Waals surface area contributed by atoms with E-state index in [4.69, 9.17) is 14.3 Å². The zero-order chi connectivity index (χ0) is 21.1. The first-order valence-corrected chi connectivity index (χ1v) is 10.5. The number of carbonyl (C=O) groups excluding carboxylic acids is 1. The molecule has 30 heavy (non-hydrogen) atoms. The van der Waals surface area contributed by atoms with Gasteiger partial charge in [0.1, 0.15) is 22.6 Å². The van der Waals surface area contributed by atoms with Gasteiger partial charge in [0.25, 0.3) is 5.91 Å². The number of furan rings is 1. The number of nitrogens with one attached hydrogen (secondary N) is 2. The Morgan fingerprint density at radius 3 is 2.90 bits per heavy atom. The van der Waals surface area contributed by atoms with E-state index < -0.39 is 0 Å². The topological polar surface area (TPSA) is 96.6 Å². The molecule has 0 spiro atoms. The monoisotopic (exact) mass is 425 g/mol. The van der Waals surface area contributed by atoms with Gasteiger partial charge in [0, 0.05) is 24.4 Å². The van der Waals surface area contributed by atoms with Crippen molar-refractivity contribution in [3.63, 3.8) is 0 Å². The van der Waals surface area contributed by atoms with Gasteiger partial charge in [0.15, 0.2) is 5.01 Å². The molecule has 1 amide bonds. The van der Waals surface area contributed by atoms with Crippen molar-refractivity contribution in [2.24, 2.45) is 0 Å². The van der Waals surface area contributed by atoms with Gasteiger partial charge < -0.3 is 24.9 Å². The molecule has 8 heteroatoms. The van der Waals surface area contributed by atoms with Crippen LogP contribution in [-0.2, 0) is 6.42 Å². The van der Waals surface area contributed by atoms with Gasteiger partial charge in [-0.25, -0.2) is 4.98 Å². The summed E-state index contributed by atoms with van der Waals surface area (Å²) in [6, 6.07) is 13.4. The Balaban J connectivity index is 1.51. The van der Waals surface area contributed by atoms with E-state index >= 15 is 0 Å². The second-order valence-electron chi connectivity index (χ2n) is 6.99. The number of hydrogen-bond donors (Lipinski definition) is 3. The minimum absolute atomic E-state index is 0.0129. The number of ether oxygens (including phenoxy) is 1. The molecule has 0 aliphatic heterocycles. The van der Waals surface area contributed by atoms with Crippen LogP contribution < -0.4 is 15.4 Å². The summed E-state index contributed by atoms with van der Waals surface area (Å²) in [6.45, 7) is 2.36. The van der Waals surface area contributed by atoms with E-state index in [9.17, 15) is 4.79 Å². The third kappa shape index (κ3) is 4.10. The molecule has 1 unspecified atom stereocenters. The molecule has 2 aromatic heterocycles. The van der Waals surface area contributed by atoms with Crippen molar-refractivity contribution in [1.82, 2.24) is 10.3 Å². The number of rotatable bonds is 8. The smallest absolute Gasteiger partial charge is 0.280 e. The number of thiazole rings is 1. The summed E-state index contributed by atoms with van der Waals surface area (Å²) in [5.74, 6) is 1.19. The van der Waals surface area contributed by atoms with E-state index in [1.807, 2.05) is 43.3 Å². The van der Waals surface area contributed by atoms with Crippen LogP contribution in [0.3, 0.4) is 0 Å². The number of nitrogens with zero attached hydrogens (tertiary/aromatic N) is 1. The molecule has 7 nitrogen and oxygen atoms in total. The Labute approximate surface area is 177 Å². The fourth-order valence-electron chi connectivity index (χ4n) is 3.35. The normalized spacial score (nSPS) is 12.2. The predicted molar refractivity (Wildman–Crippen MR) is 119 cm³/mol. The van der Waals surface area contributed by atoms with Gasteiger partial charge in [-0.2, -0.15) is 0 Å². The van der Waals surface area contributed by atoms with E-state index in [0.717, 1.165) is 27.1 Å². The van der Waals surface area contributed by atoms with Crippen LogP contribution in [0.2, 0.25) is 0 Å². The first-order valence-electron chi connectivity index (χ1n) is 9.69. The number of aliphatic hydroxyl groups excluding tert-OH is 1. The molecule has 0 radical (unpaired) electrons. The Bertz CT molecular complexity index is 1150. The third-order valence-corrected chi connectivity index (χ3v) is 5.80. The number of fused-ring (bicyclic) bond motifs is 2. The van der Waals surface area contributed by atoms with Crippen LogP contribution in [0.5, 0.6) is 5.75 Å². The van der Waals surface area contributed by atoms with Crippen molar-refractivity contribution in [2.45, 2.75) is 19.4 Å². The maximum absolute atomic E-state index is 12.8. The van der Waals surface area contributed by atoms with Crippen LogP contribution >= 0.6 is 11.3 Å². The second kappa shape index (κ2) is 8.73. The zero-order valence-corrected chi connectivity index (χ0v) is 17.6. The molecule has 0 aliphatic carbocycles. The zero-order valence-electron chi connectivity index (χ0n) is 16.8. The van der Waals surface area contributed by atoms with Crippen molar-refractivity contribution >= 4 is 44.1 Å². The number of methoxy groups -OCH3 is 1. The van der Waals surface area contributed by atoms with Crippen molar-refractivity contribution in [3.05, 3.63) is 53.2 Å². The Morgan fingerprint density at radius 1 is 1.30 bits per heavy atom. The van der Waals surface area contributed by atoms with Crippen molar-refractivity contribution in [1.29, 1.82) is 0 Å². The molecule has 156 valence electrons. The number of carbonyl (C=O) groups is 1. The standard InChI is InChI=1S/C22H23N3O4S/c1-13(11-15-12-14-5-3-4-6-17(14)29-15)24-21(27)22-25-19-18(28-2)8-7-16(20(19)30-22)23-9-10-26/h3-8,12-13,23,26H,9-11H2,1-2H3,(H,24,27).